The van der Waals surface area contributed by atoms with Crippen LogP contribution in [0.25, 0.3) is 0 Å². The van der Waals surface area contributed by atoms with Gasteiger partial charge in [0.2, 0.25) is 11.8 Å². The summed E-state index contributed by atoms with van der Waals surface area (Å²) < 4.78 is 18.5. The van der Waals surface area contributed by atoms with Gasteiger partial charge in [-0.3, -0.25) is 19.7 Å². The monoisotopic (exact) mass is 464 g/mol. The SMILES string of the molecule is O=C(CCC(=O)Nc1ccc(F)cc1)NN=Cc1ccc(OCc2ccccc2)c([N+](=O)[O-])c1. The molecule has 0 aliphatic heterocycles. The molecule has 0 heterocycles. The van der Waals surface area contributed by atoms with Crippen LogP contribution in [0, 0.1) is 15.9 Å². The number of nitro groups is 1. The topological polar surface area (TPSA) is 123 Å². The molecular weight excluding hydrogens is 443 g/mol. The molecule has 10 heteroatoms. The Morgan fingerprint density at radius 1 is 1.00 bits per heavy atom. The zero-order valence-electron chi connectivity index (χ0n) is 17.9. The van der Waals surface area contributed by atoms with Gasteiger partial charge in [0.15, 0.2) is 5.75 Å². The number of benzene rings is 3. The lowest BCUT2D eigenvalue weighted by Crippen LogP contribution is -2.20. The van der Waals surface area contributed by atoms with Crippen molar-refractivity contribution in [2.45, 2.75) is 19.4 Å². The maximum atomic E-state index is 12.9. The Balaban J connectivity index is 1.49. The van der Waals surface area contributed by atoms with E-state index in [1.54, 1.807) is 6.07 Å². The van der Waals surface area contributed by atoms with Crippen molar-refractivity contribution in [1.82, 2.24) is 5.43 Å². The first kappa shape index (κ1) is 24.1. The van der Waals surface area contributed by atoms with E-state index < -0.39 is 22.6 Å². The van der Waals surface area contributed by atoms with Gasteiger partial charge in [-0.2, -0.15) is 5.10 Å². The van der Waals surface area contributed by atoms with Crippen molar-refractivity contribution >= 4 is 29.4 Å². The van der Waals surface area contributed by atoms with E-state index in [0.717, 1.165) is 5.56 Å². The molecular formula is C24H21FN4O5. The van der Waals surface area contributed by atoms with Crippen molar-refractivity contribution in [3.63, 3.8) is 0 Å². The predicted octanol–water partition coefficient (Wildman–Crippen LogP) is 4.18. The number of nitrogens with zero attached hydrogens (tertiary/aromatic N) is 2. The van der Waals surface area contributed by atoms with Crippen molar-refractivity contribution in [2.75, 3.05) is 5.32 Å². The number of nitrogens with one attached hydrogen (secondary N) is 2. The molecule has 0 bridgehead atoms. The molecule has 3 aromatic rings. The Bertz CT molecular complexity index is 1180. The highest BCUT2D eigenvalue weighted by atomic mass is 19.1. The molecule has 0 aromatic heterocycles. The largest absolute Gasteiger partial charge is 0.482 e. The average Bonchev–Trinajstić information content (AvgIpc) is 2.84. The molecule has 2 N–H and O–H groups in total. The van der Waals surface area contributed by atoms with E-state index in [9.17, 15) is 24.1 Å². The molecule has 2 amide bonds. The number of hydrogen-bond acceptors (Lipinski definition) is 6. The van der Waals surface area contributed by atoms with Gasteiger partial charge in [-0.1, -0.05) is 30.3 Å². The lowest BCUT2D eigenvalue weighted by molar-refractivity contribution is -0.385. The number of carbonyl (C=O) groups excluding carboxylic acids is 2. The third-order valence-electron chi connectivity index (χ3n) is 4.53. The molecule has 0 fully saturated rings. The number of amides is 2. The fourth-order valence-corrected chi connectivity index (χ4v) is 2.83. The first-order valence-corrected chi connectivity index (χ1v) is 10.2. The normalized spacial score (nSPS) is 10.6. The summed E-state index contributed by atoms with van der Waals surface area (Å²) in [6.07, 6.45) is 1.03. The number of anilines is 1. The van der Waals surface area contributed by atoms with Gasteiger partial charge in [-0.15, -0.1) is 0 Å². The molecule has 0 saturated heterocycles. The third kappa shape index (κ3) is 7.52. The third-order valence-corrected chi connectivity index (χ3v) is 4.53. The minimum Gasteiger partial charge on any atom is -0.482 e. The Morgan fingerprint density at radius 3 is 2.41 bits per heavy atom. The zero-order valence-corrected chi connectivity index (χ0v) is 17.9. The quantitative estimate of drug-likeness (QED) is 0.265. The van der Waals surface area contributed by atoms with E-state index >= 15 is 0 Å². The number of halogens is 1. The molecule has 0 atom stereocenters. The highest BCUT2D eigenvalue weighted by Crippen LogP contribution is 2.28. The minimum atomic E-state index is -0.560. The fourth-order valence-electron chi connectivity index (χ4n) is 2.83. The number of ether oxygens (including phenoxy) is 1. The van der Waals surface area contributed by atoms with E-state index in [1.165, 1.54) is 42.6 Å². The molecule has 0 radical (unpaired) electrons. The van der Waals surface area contributed by atoms with E-state index in [2.05, 4.69) is 15.8 Å². The summed E-state index contributed by atoms with van der Waals surface area (Å²) >= 11 is 0. The van der Waals surface area contributed by atoms with Crippen LogP contribution in [0.1, 0.15) is 24.0 Å². The smallest absolute Gasteiger partial charge is 0.311 e. The Labute approximate surface area is 194 Å². The summed E-state index contributed by atoms with van der Waals surface area (Å²) in [6, 6.07) is 18.8. The highest BCUT2D eigenvalue weighted by Gasteiger charge is 2.16. The van der Waals surface area contributed by atoms with E-state index in [1.807, 2.05) is 30.3 Å². The predicted molar refractivity (Wildman–Crippen MR) is 124 cm³/mol. The lowest BCUT2D eigenvalue weighted by Gasteiger charge is -2.07. The van der Waals surface area contributed by atoms with Gasteiger partial charge in [0.1, 0.15) is 12.4 Å². The second-order valence-corrected chi connectivity index (χ2v) is 7.11. The Kier molecular flexibility index (Phi) is 8.39. The summed E-state index contributed by atoms with van der Waals surface area (Å²) in [5.41, 5.74) is 3.71. The summed E-state index contributed by atoms with van der Waals surface area (Å²) in [7, 11) is 0. The summed E-state index contributed by atoms with van der Waals surface area (Å²) in [5, 5.41) is 17.7. The van der Waals surface area contributed by atoms with Crippen LogP contribution in [0.3, 0.4) is 0 Å². The van der Waals surface area contributed by atoms with E-state index in [4.69, 9.17) is 4.74 Å². The molecule has 0 spiro atoms. The highest BCUT2D eigenvalue weighted by molar-refractivity contribution is 5.93. The molecule has 34 heavy (non-hydrogen) atoms. The van der Waals surface area contributed by atoms with Crippen molar-refractivity contribution in [2.24, 2.45) is 5.10 Å². The summed E-state index contributed by atoms with van der Waals surface area (Å²) in [5.74, 6) is -1.23. The van der Waals surface area contributed by atoms with Gasteiger partial charge in [0, 0.05) is 30.2 Å². The second-order valence-electron chi connectivity index (χ2n) is 7.11. The summed E-state index contributed by atoms with van der Waals surface area (Å²) in [4.78, 5) is 34.6. The van der Waals surface area contributed by atoms with Crippen LogP contribution in [0.15, 0.2) is 77.9 Å². The maximum absolute atomic E-state index is 12.9. The van der Waals surface area contributed by atoms with Crippen LogP contribution in [0.5, 0.6) is 5.75 Å². The van der Waals surface area contributed by atoms with E-state index in [0.29, 0.717) is 11.3 Å². The number of carbonyl (C=O) groups is 2. The second kappa shape index (κ2) is 11.9. The number of rotatable bonds is 10. The van der Waals surface area contributed by atoms with E-state index in [-0.39, 0.29) is 30.9 Å². The zero-order chi connectivity index (χ0) is 24.3. The Morgan fingerprint density at radius 2 is 1.71 bits per heavy atom. The van der Waals surface area contributed by atoms with Crippen molar-refractivity contribution in [3.05, 3.63) is 99.9 Å². The maximum Gasteiger partial charge on any atom is 0.311 e. The van der Waals surface area contributed by atoms with Crippen LogP contribution >= 0.6 is 0 Å². The molecule has 0 aliphatic rings. The lowest BCUT2D eigenvalue weighted by atomic mass is 10.2. The van der Waals surface area contributed by atoms with Crippen molar-refractivity contribution < 1.29 is 23.6 Å². The van der Waals surface area contributed by atoms with Gasteiger partial charge in [0.05, 0.1) is 11.1 Å². The molecule has 9 nitrogen and oxygen atoms in total. The first-order valence-electron chi connectivity index (χ1n) is 10.2. The summed E-state index contributed by atoms with van der Waals surface area (Å²) in [6.45, 7) is 0.180. The van der Waals surface area contributed by atoms with Crippen LogP contribution in [-0.4, -0.2) is 23.0 Å². The van der Waals surface area contributed by atoms with Crippen LogP contribution in [-0.2, 0) is 16.2 Å². The van der Waals surface area contributed by atoms with Gasteiger partial charge >= 0.3 is 5.69 Å². The average molecular weight is 464 g/mol. The molecule has 0 saturated carbocycles. The molecule has 3 rings (SSSR count). The number of hydrogen-bond donors (Lipinski definition) is 2. The first-order chi connectivity index (χ1) is 16.4. The van der Waals surface area contributed by atoms with Crippen LogP contribution < -0.4 is 15.5 Å². The molecule has 0 aliphatic carbocycles. The standard InChI is InChI=1S/C24H21FN4O5/c25-19-7-9-20(10-8-19)27-23(30)12-13-24(31)28-26-15-18-6-11-22(21(14-18)29(32)33)34-16-17-4-2-1-3-5-17/h1-11,14-15H,12-13,16H2,(H,27,30)(H,28,31). The minimum absolute atomic E-state index is 0.0996. The van der Waals surface area contributed by atoms with Crippen LogP contribution in [0.4, 0.5) is 15.8 Å². The fraction of sp³-hybridized carbons (Fsp3) is 0.125. The number of hydrazone groups is 1. The molecule has 174 valence electrons. The van der Waals surface area contributed by atoms with Gasteiger partial charge in [-0.25, -0.2) is 9.82 Å². The van der Waals surface area contributed by atoms with Crippen molar-refractivity contribution in [1.29, 1.82) is 0 Å². The van der Waals surface area contributed by atoms with Gasteiger partial charge in [0.25, 0.3) is 0 Å². The van der Waals surface area contributed by atoms with Crippen molar-refractivity contribution in [3.8, 4) is 5.75 Å². The van der Waals surface area contributed by atoms with Crippen LogP contribution in [0.2, 0.25) is 0 Å². The van der Waals surface area contributed by atoms with Gasteiger partial charge in [-0.05, 0) is 42.0 Å². The number of nitro benzene ring substituents is 1. The molecule has 0 unspecified atom stereocenters. The molecule has 3 aromatic carbocycles. The Hall–Kier alpha value is -4.60. The van der Waals surface area contributed by atoms with Gasteiger partial charge < -0.3 is 10.1 Å².